The van der Waals surface area contributed by atoms with Crippen molar-refractivity contribution in [1.29, 1.82) is 0 Å². The number of allylic oxidation sites excluding steroid dienone is 7. The quantitative estimate of drug-likeness (QED) is 0.0144. The number of carbonyl (C=O) groups is 3. The highest BCUT2D eigenvalue weighted by Crippen LogP contribution is 2.48. The molecule has 3 heterocycles. The molecule has 17 heteroatoms. The number of amides is 3. The Bertz CT molecular complexity index is 3080. The zero-order valence-corrected chi connectivity index (χ0v) is 45.8. The highest BCUT2D eigenvalue weighted by Gasteiger charge is 2.44. The first-order valence-electron chi connectivity index (χ1n) is 27.1. The molecule has 3 amide bonds. The van der Waals surface area contributed by atoms with Gasteiger partial charge in [-0.1, -0.05) is 74.5 Å². The number of unbranched alkanes of at least 4 members (excludes halogenated alkanes) is 3. The molecule has 0 radical (unpaired) electrons. The zero-order valence-electron chi connectivity index (χ0n) is 45.0. The van der Waals surface area contributed by atoms with Crippen molar-refractivity contribution in [2.24, 2.45) is 0 Å². The highest BCUT2D eigenvalue weighted by atomic mass is 32.2. The maximum absolute atomic E-state index is 13.0. The number of ether oxygens (including phenoxy) is 1. The molecule has 6 N–H and O–H groups in total. The van der Waals surface area contributed by atoms with Gasteiger partial charge in [-0.15, -0.1) is 0 Å². The Kier molecular flexibility index (Phi) is 18.1. The second-order valence-corrected chi connectivity index (χ2v) is 23.1. The first-order chi connectivity index (χ1) is 36.8. The van der Waals surface area contributed by atoms with Crippen LogP contribution in [0, 0.1) is 0 Å². The number of fused-ring (bicyclic) bond motifs is 2. The predicted octanol–water partition coefficient (Wildman–Crippen LogP) is 9.24. The minimum atomic E-state index is -4.04. The second-order valence-electron chi connectivity index (χ2n) is 21.6. The first-order valence-corrected chi connectivity index (χ1v) is 28.7. The van der Waals surface area contributed by atoms with E-state index in [0.717, 1.165) is 72.7 Å². The number of hydrogen-bond acceptors (Lipinski definition) is 10. The molecule has 0 saturated carbocycles. The average Bonchev–Trinajstić information content (AvgIpc) is 4.05. The van der Waals surface area contributed by atoms with Crippen molar-refractivity contribution in [1.82, 2.24) is 15.6 Å². The number of carbonyl (C=O) groups excluding carboxylic acids is 3. The third-order valence-electron chi connectivity index (χ3n) is 15.4. The predicted molar refractivity (Wildman–Crippen MR) is 304 cm³/mol. The van der Waals surface area contributed by atoms with Crippen molar-refractivity contribution >= 4 is 57.7 Å². The van der Waals surface area contributed by atoms with Crippen molar-refractivity contribution in [2.75, 3.05) is 35.7 Å². The molecule has 0 bridgehead atoms. The molecule has 406 valence electrons. The zero-order chi connectivity index (χ0) is 54.9. The van der Waals surface area contributed by atoms with E-state index in [1.54, 1.807) is 31.2 Å². The van der Waals surface area contributed by atoms with Gasteiger partial charge < -0.3 is 29.9 Å². The lowest BCUT2D eigenvalue weighted by atomic mass is 9.78. The Morgan fingerprint density at radius 2 is 1.53 bits per heavy atom. The summed E-state index contributed by atoms with van der Waals surface area (Å²) in [7, 11) is -5.68. The number of nitrogens with zero attached hydrogens (tertiary/aromatic N) is 3. The van der Waals surface area contributed by atoms with Crippen LogP contribution in [0.15, 0.2) is 150 Å². The van der Waals surface area contributed by atoms with Gasteiger partial charge in [0.2, 0.25) is 17.5 Å². The summed E-state index contributed by atoms with van der Waals surface area (Å²) in [5.74, 6) is -0.320. The molecule has 8 rings (SSSR count). The molecular formula is C60H74BN6O9S+. The monoisotopic (exact) mass is 1070 g/mol. The van der Waals surface area contributed by atoms with Gasteiger partial charge in [-0.2, -0.15) is 13.0 Å². The lowest BCUT2D eigenvalue weighted by Crippen LogP contribution is -2.52. The molecule has 15 nitrogen and oxygen atoms in total. The van der Waals surface area contributed by atoms with Crippen LogP contribution in [0.4, 0.5) is 17.1 Å². The fraction of sp³-hybridized carbons (Fsp3) is 0.400. The van der Waals surface area contributed by atoms with Crippen LogP contribution < -0.4 is 25.8 Å². The summed E-state index contributed by atoms with van der Waals surface area (Å²) >= 11 is 0. The average molecular weight is 1070 g/mol. The molecule has 4 aliphatic rings. The minimum Gasteiger partial charge on any atom is -0.457 e. The lowest BCUT2D eigenvalue weighted by molar-refractivity contribution is -0.438. The normalized spacial score (nSPS) is 19.2. The standard InChI is InChI=1S/C60H73BN6O9S/c1-42(58(70)67-40-19-28-54(67)61(71)72)62-57(69)45-30-34-46(35-31-45)63-64-55(68)29-10-7-15-38-65-50-26-13-11-24-48(50)59(2,3)52(65)36-32-43-20-18-21-44(56(43)76-47-22-8-6-9-23-47)33-37-53-60(4,5)49-25-12-14-27-51(49)66(53)39-16-17-41-77(73,74)75/h6,8-9,11-14,22-27,30-37,42,54,71-72H,7,10,15-21,28-29,38-41H2,1-5H3,(H3-,62,63,64,68,69,73,74,75)/p+1/t42-,54+/m1/s1. The molecule has 1 fully saturated rings. The van der Waals surface area contributed by atoms with E-state index < -0.39 is 35.1 Å². The first kappa shape index (κ1) is 56.4. The Morgan fingerprint density at radius 1 is 0.818 bits per heavy atom. The molecular weight excluding hydrogens is 992 g/mol. The van der Waals surface area contributed by atoms with Gasteiger partial charge in [-0.3, -0.25) is 29.8 Å². The van der Waals surface area contributed by atoms with E-state index in [1.165, 1.54) is 27.4 Å². The Labute approximate surface area is 454 Å². The Morgan fingerprint density at radius 3 is 2.27 bits per heavy atom. The maximum Gasteiger partial charge on any atom is 0.475 e. The molecule has 1 saturated heterocycles. The van der Waals surface area contributed by atoms with Crippen molar-refractivity contribution in [3.63, 3.8) is 0 Å². The summed E-state index contributed by atoms with van der Waals surface area (Å²) in [6, 6.07) is 32.5. The summed E-state index contributed by atoms with van der Waals surface area (Å²) in [4.78, 5) is 42.6. The maximum atomic E-state index is 13.0. The number of anilines is 2. The summed E-state index contributed by atoms with van der Waals surface area (Å²) in [5, 5.41) is 22.0. The van der Waals surface area contributed by atoms with Crippen LogP contribution in [0.25, 0.3) is 0 Å². The summed E-state index contributed by atoms with van der Waals surface area (Å²) < 4.78 is 41.8. The third kappa shape index (κ3) is 13.5. The van der Waals surface area contributed by atoms with Crippen LogP contribution in [0.2, 0.25) is 0 Å². The van der Waals surface area contributed by atoms with E-state index >= 15 is 0 Å². The second kappa shape index (κ2) is 24.7. The SMILES string of the molecule is C[C@@H](NC(=O)c1ccc(NNC(=O)CCCCC[N+]2=C(/C=C/C3=C(Oc4ccccc4)C(=C/C=C4/N(CCCCS(=O)(=O)O)c5ccccc5C4(C)C)/CCC3)C(C)(C)c3ccccc32)cc1)C(=O)N1CCC[C@H]1B(O)O. The van der Waals surface area contributed by atoms with Crippen molar-refractivity contribution in [2.45, 2.75) is 128 Å². The Balaban J connectivity index is 0.930. The molecule has 2 atom stereocenters. The van der Waals surface area contributed by atoms with E-state index in [4.69, 9.17) is 4.74 Å². The van der Waals surface area contributed by atoms with Gasteiger partial charge in [-0.05, 0) is 150 Å². The van der Waals surface area contributed by atoms with Gasteiger partial charge >= 0.3 is 7.12 Å². The number of hydrogen-bond donors (Lipinski definition) is 6. The number of para-hydroxylation sites is 3. The molecule has 0 spiro atoms. The van der Waals surface area contributed by atoms with Crippen LogP contribution in [-0.2, 0) is 30.5 Å². The molecule has 1 aliphatic carbocycles. The smallest absolute Gasteiger partial charge is 0.457 e. The van der Waals surface area contributed by atoms with Crippen LogP contribution in [0.3, 0.4) is 0 Å². The van der Waals surface area contributed by atoms with Gasteiger partial charge in [-0.25, -0.2) is 0 Å². The Hall–Kier alpha value is -6.79. The topological polar surface area (TPSA) is 201 Å². The summed E-state index contributed by atoms with van der Waals surface area (Å²) in [5.41, 5.74) is 15.3. The van der Waals surface area contributed by atoms with E-state index in [9.17, 15) is 37.4 Å². The third-order valence-corrected chi connectivity index (χ3v) is 16.2. The molecule has 0 aromatic heterocycles. The van der Waals surface area contributed by atoms with Crippen LogP contribution >= 0.6 is 0 Å². The number of rotatable bonds is 22. The fourth-order valence-electron chi connectivity index (χ4n) is 11.2. The largest absolute Gasteiger partial charge is 0.475 e. The van der Waals surface area contributed by atoms with Crippen molar-refractivity contribution < 1.29 is 46.7 Å². The molecule has 77 heavy (non-hydrogen) atoms. The molecule has 3 aliphatic heterocycles. The molecule has 4 aromatic rings. The summed E-state index contributed by atoms with van der Waals surface area (Å²) in [6.45, 7) is 12.4. The van der Waals surface area contributed by atoms with Crippen molar-refractivity contribution in [3.05, 3.63) is 167 Å². The highest BCUT2D eigenvalue weighted by molar-refractivity contribution is 7.85. The number of likely N-dealkylation sites (tertiary alicyclic amines) is 1. The van der Waals surface area contributed by atoms with Crippen LogP contribution in [-0.4, -0.2) is 100 Å². The number of hydrazine groups is 1. The lowest BCUT2D eigenvalue weighted by Gasteiger charge is -2.27. The molecule has 4 aromatic carbocycles. The van der Waals surface area contributed by atoms with Crippen LogP contribution in [0.5, 0.6) is 5.75 Å². The number of benzene rings is 4. The fourth-order valence-corrected chi connectivity index (χ4v) is 11.8. The van der Waals surface area contributed by atoms with Crippen molar-refractivity contribution in [3.8, 4) is 5.75 Å². The van der Waals surface area contributed by atoms with Gasteiger partial charge in [0.05, 0.1) is 22.8 Å². The van der Waals surface area contributed by atoms with Gasteiger partial charge in [0.25, 0.3) is 16.0 Å². The molecule has 0 unspecified atom stereocenters. The summed E-state index contributed by atoms with van der Waals surface area (Å²) in [6.07, 6.45) is 16.4. The van der Waals surface area contributed by atoms with Gasteiger partial charge in [0.1, 0.15) is 24.1 Å². The van der Waals surface area contributed by atoms with Gasteiger partial charge in [0.15, 0.2) is 5.71 Å². The van der Waals surface area contributed by atoms with E-state index in [0.29, 0.717) is 62.9 Å². The van der Waals surface area contributed by atoms with Crippen LogP contribution in [0.1, 0.15) is 127 Å². The van der Waals surface area contributed by atoms with E-state index in [-0.39, 0.29) is 28.4 Å². The van der Waals surface area contributed by atoms with E-state index in [1.807, 2.05) is 36.4 Å². The van der Waals surface area contributed by atoms with Gasteiger partial charge in [0, 0.05) is 66.0 Å². The minimum absolute atomic E-state index is 0.155. The number of nitrogens with one attached hydrogen (secondary N) is 3. The van der Waals surface area contributed by atoms with E-state index in [2.05, 4.69) is 120 Å².